The SMILES string of the molecule is CCNC(=O)[O-].CCOc1cc2c(cc1Cl)C(C)C1CNCC21. The van der Waals surface area contributed by atoms with Crippen LogP contribution < -0.4 is 20.5 Å². The number of rotatable bonds is 3. The number of benzene rings is 1. The van der Waals surface area contributed by atoms with Crippen LogP contribution in [0.2, 0.25) is 5.02 Å². The minimum Gasteiger partial charge on any atom is -0.530 e. The fourth-order valence-corrected chi connectivity index (χ4v) is 3.73. The molecule has 23 heavy (non-hydrogen) atoms. The van der Waals surface area contributed by atoms with Gasteiger partial charge in [-0.15, -0.1) is 0 Å². The monoisotopic (exact) mass is 339 g/mol. The fourth-order valence-electron chi connectivity index (χ4n) is 3.51. The average molecular weight is 340 g/mol. The lowest BCUT2D eigenvalue weighted by atomic mass is 9.91. The highest BCUT2D eigenvalue weighted by molar-refractivity contribution is 6.32. The summed E-state index contributed by atoms with van der Waals surface area (Å²) < 4.78 is 5.59. The standard InChI is InChI=1S/C14H18ClNO.C3H7NO2/c1-3-17-14-5-10-9(4-13(14)15)8(2)11-6-16-7-12(10)11;1-2-4-3(5)6/h4-5,8,11-12,16H,3,6-7H2,1-2H3;4H,2H2,1H3,(H,5,6)/p-1. The second-order valence-electron chi connectivity index (χ2n) is 5.88. The van der Waals surface area contributed by atoms with Crippen molar-refractivity contribution < 1.29 is 14.6 Å². The Labute approximate surface area is 142 Å². The van der Waals surface area contributed by atoms with Crippen LogP contribution in [0.4, 0.5) is 4.79 Å². The summed E-state index contributed by atoms with van der Waals surface area (Å²) in [5.74, 6) is 2.83. The summed E-state index contributed by atoms with van der Waals surface area (Å²) in [6.45, 7) is 9.30. The van der Waals surface area contributed by atoms with E-state index in [-0.39, 0.29) is 0 Å². The van der Waals surface area contributed by atoms with Crippen molar-refractivity contribution in [1.82, 2.24) is 10.6 Å². The summed E-state index contributed by atoms with van der Waals surface area (Å²) in [4.78, 5) is 9.38. The Kier molecular flexibility index (Phi) is 6.13. The third kappa shape index (κ3) is 3.90. The molecule has 0 aromatic heterocycles. The third-order valence-corrected chi connectivity index (χ3v) is 4.85. The van der Waals surface area contributed by atoms with Crippen molar-refractivity contribution in [3.63, 3.8) is 0 Å². The fraction of sp³-hybridized carbons (Fsp3) is 0.588. The summed E-state index contributed by atoms with van der Waals surface area (Å²) in [7, 11) is 0. The Hall–Kier alpha value is -1.46. The highest BCUT2D eigenvalue weighted by atomic mass is 35.5. The summed E-state index contributed by atoms with van der Waals surface area (Å²) in [6, 6.07) is 4.28. The van der Waals surface area contributed by atoms with Crippen LogP contribution in [0, 0.1) is 5.92 Å². The molecule has 0 radical (unpaired) electrons. The Bertz CT molecular complexity index is 565. The molecule has 2 N–H and O–H groups in total. The van der Waals surface area contributed by atoms with E-state index in [1.54, 1.807) is 6.92 Å². The van der Waals surface area contributed by atoms with Crippen LogP contribution in [-0.2, 0) is 0 Å². The van der Waals surface area contributed by atoms with Gasteiger partial charge < -0.3 is 25.3 Å². The molecule has 6 heteroatoms. The lowest BCUT2D eigenvalue weighted by molar-refractivity contribution is -0.250. The van der Waals surface area contributed by atoms with Gasteiger partial charge in [0.2, 0.25) is 0 Å². The summed E-state index contributed by atoms with van der Waals surface area (Å²) in [5, 5.41) is 15.6. The molecule has 128 valence electrons. The van der Waals surface area contributed by atoms with Crippen LogP contribution in [0.15, 0.2) is 12.1 Å². The maximum Gasteiger partial charge on any atom is 0.138 e. The molecule has 0 bridgehead atoms. The number of fused-ring (bicyclic) bond motifs is 3. The Morgan fingerprint density at radius 3 is 2.70 bits per heavy atom. The third-order valence-electron chi connectivity index (χ3n) is 4.55. The molecule has 3 rings (SSSR count). The molecule has 2 aliphatic rings. The summed E-state index contributed by atoms with van der Waals surface area (Å²) in [6.07, 6.45) is -1.21. The number of hydrogen-bond acceptors (Lipinski definition) is 4. The van der Waals surface area contributed by atoms with Crippen LogP contribution in [0.3, 0.4) is 0 Å². The Morgan fingerprint density at radius 2 is 2.13 bits per heavy atom. The molecule has 1 heterocycles. The van der Waals surface area contributed by atoms with E-state index in [1.807, 2.05) is 12.2 Å². The van der Waals surface area contributed by atoms with E-state index in [9.17, 15) is 9.90 Å². The van der Waals surface area contributed by atoms with Crippen LogP contribution in [0.5, 0.6) is 5.75 Å². The van der Waals surface area contributed by atoms with Gasteiger partial charge in [-0.1, -0.05) is 18.5 Å². The number of hydrogen-bond donors (Lipinski definition) is 2. The van der Waals surface area contributed by atoms with E-state index in [4.69, 9.17) is 16.3 Å². The lowest BCUT2D eigenvalue weighted by Gasteiger charge is -2.13. The number of carboxylic acid groups (broad SMARTS) is 1. The van der Waals surface area contributed by atoms with Gasteiger partial charge in [-0.3, -0.25) is 0 Å². The molecule has 1 aromatic carbocycles. The van der Waals surface area contributed by atoms with Crippen molar-refractivity contribution >= 4 is 17.7 Å². The number of halogens is 1. The predicted molar refractivity (Wildman–Crippen MR) is 89.2 cm³/mol. The smallest absolute Gasteiger partial charge is 0.138 e. The maximum absolute atomic E-state index is 9.38. The zero-order valence-corrected chi connectivity index (χ0v) is 14.6. The first-order valence-corrected chi connectivity index (χ1v) is 8.49. The second-order valence-corrected chi connectivity index (χ2v) is 6.29. The van der Waals surface area contributed by atoms with E-state index in [0.29, 0.717) is 25.0 Å². The van der Waals surface area contributed by atoms with Gasteiger partial charge in [0.1, 0.15) is 11.8 Å². The average Bonchev–Trinajstić information content (AvgIpc) is 3.06. The van der Waals surface area contributed by atoms with Gasteiger partial charge in [-0.05, 0) is 55.5 Å². The van der Waals surface area contributed by atoms with Crippen molar-refractivity contribution in [2.75, 3.05) is 26.2 Å². The van der Waals surface area contributed by atoms with E-state index in [2.05, 4.69) is 24.4 Å². The molecule has 3 atom stereocenters. The first-order chi connectivity index (χ1) is 11.0. The number of amides is 1. The first-order valence-electron chi connectivity index (χ1n) is 8.11. The van der Waals surface area contributed by atoms with Gasteiger partial charge in [-0.2, -0.15) is 0 Å². The molecule has 5 nitrogen and oxygen atoms in total. The van der Waals surface area contributed by atoms with Crippen LogP contribution >= 0.6 is 11.6 Å². The first kappa shape index (κ1) is 17.9. The molecule has 1 saturated heterocycles. The van der Waals surface area contributed by atoms with Crippen LogP contribution in [-0.4, -0.2) is 32.3 Å². The largest absolute Gasteiger partial charge is 0.530 e. The lowest BCUT2D eigenvalue weighted by Crippen LogP contribution is -2.35. The molecule has 1 aliphatic carbocycles. The van der Waals surface area contributed by atoms with Crippen LogP contribution in [0.1, 0.15) is 43.7 Å². The van der Waals surface area contributed by atoms with Crippen molar-refractivity contribution in [3.8, 4) is 5.75 Å². The highest BCUT2D eigenvalue weighted by Gasteiger charge is 2.41. The van der Waals surface area contributed by atoms with Gasteiger partial charge in [0.05, 0.1) is 11.6 Å². The normalized spacial score (nSPS) is 24.3. The van der Waals surface area contributed by atoms with E-state index < -0.39 is 6.09 Å². The molecule has 0 spiro atoms. The van der Waals surface area contributed by atoms with Gasteiger partial charge >= 0.3 is 0 Å². The van der Waals surface area contributed by atoms with Gasteiger partial charge in [0, 0.05) is 19.0 Å². The molecule has 1 aromatic rings. The maximum atomic E-state index is 9.38. The molecule has 1 amide bonds. The molecular weight excluding hydrogens is 316 g/mol. The molecule has 0 saturated carbocycles. The minimum absolute atomic E-state index is 0.419. The second kappa shape index (κ2) is 7.88. The highest BCUT2D eigenvalue weighted by Crippen LogP contribution is 2.50. The van der Waals surface area contributed by atoms with E-state index in [1.165, 1.54) is 11.1 Å². The molecule has 1 fully saturated rings. The Balaban J connectivity index is 0.000000277. The zero-order chi connectivity index (χ0) is 17.0. The van der Waals surface area contributed by atoms with Crippen molar-refractivity contribution in [2.24, 2.45) is 5.92 Å². The van der Waals surface area contributed by atoms with Crippen molar-refractivity contribution in [3.05, 3.63) is 28.3 Å². The number of carbonyl (C=O) groups is 1. The number of ether oxygens (including phenoxy) is 1. The van der Waals surface area contributed by atoms with E-state index >= 15 is 0 Å². The molecule has 1 aliphatic heterocycles. The van der Waals surface area contributed by atoms with Crippen molar-refractivity contribution in [2.45, 2.75) is 32.6 Å². The molecule has 3 unspecified atom stereocenters. The zero-order valence-electron chi connectivity index (χ0n) is 13.8. The van der Waals surface area contributed by atoms with Gasteiger partial charge in [0.25, 0.3) is 0 Å². The summed E-state index contributed by atoms with van der Waals surface area (Å²) >= 11 is 6.27. The van der Waals surface area contributed by atoms with Crippen LogP contribution in [0.25, 0.3) is 0 Å². The molecular formula is C17H24ClN2O3-. The quantitative estimate of drug-likeness (QED) is 0.884. The Morgan fingerprint density at radius 1 is 1.39 bits per heavy atom. The van der Waals surface area contributed by atoms with E-state index in [0.717, 1.165) is 29.8 Å². The van der Waals surface area contributed by atoms with Crippen molar-refractivity contribution in [1.29, 1.82) is 0 Å². The topological polar surface area (TPSA) is 73.4 Å². The minimum atomic E-state index is -1.21. The number of nitrogens with one attached hydrogen (secondary N) is 2. The number of carbonyl (C=O) groups excluding carboxylic acids is 1. The predicted octanol–water partition coefficient (Wildman–Crippen LogP) is 2.10. The van der Waals surface area contributed by atoms with Gasteiger partial charge in [-0.25, -0.2) is 0 Å². The van der Waals surface area contributed by atoms with Gasteiger partial charge in [0.15, 0.2) is 0 Å². The summed E-state index contributed by atoms with van der Waals surface area (Å²) in [5.41, 5.74) is 2.87.